The molecule has 2 aliphatic rings. The lowest BCUT2D eigenvalue weighted by molar-refractivity contribution is -0.153. The van der Waals surface area contributed by atoms with Crippen LogP contribution in [0.3, 0.4) is 0 Å². The highest BCUT2D eigenvalue weighted by atomic mass is 32.2. The van der Waals surface area contributed by atoms with Crippen molar-refractivity contribution in [3.05, 3.63) is 0 Å². The Bertz CT molecular complexity index is 343. The number of amidine groups is 1. The fraction of sp³-hybridized carbons (Fsp3) is 0.923. The highest BCUT2D eigenvalue weighted by molar-refractivity contribution is 8.14. The molecular weight excluding hydrogens is 278 g/mol. The summed E-state index contributed by atoms with van der Waals surface area (Å²) in [6.45, 7) is 6.25. The molecule has 0 radical (unpaired) electrons. The molecule has 6 nitrogen and oxygen atoms in total. The molecular formula is C13H25N3O3S. The first-order valence-electron chi connectivity index (χ1n) is 7.37. The van der Waals surface area contributed by atoms with E-state index < -0.39 is 12.2 Å². The van der Waals surface area contributed by atoms with Gasteiger partial charge in [0, 0.05) is 13.1 Å². The molecule has 5 atom stereocenters. The van der Waals surface area contributed by atoms with Gasteiger partial charge in [0.25, 0.3) is 0 Å². The average Bonchev–Trinajstić information content (AvgIpc) is 2.83. The molecule has 0 saturated carbocycles. The van der Waals surface area contributed by atoms with E-state index >= 15 is 0 Å². The van der Waals surface area contributed by atoms with Crippen LogP contribution >= 0.6 is 11.8 Å². The van der Waals surface area contributed by atoms with Crippen LogP contribution in [0.15, 0.2) is 4.99 Å². The first-order valence-corrected chi connectivity index (χ1v) is 8.25. The molecule has 2 fully saturated rings. The second-order valence-electron chi connectivity index (χ2n) is 5.15. The zero-order valence-corrected chi connectivity index (χ0v) is 12.9. The van der Waals surface area contributed by atoms with Gasteiger partial charge in [0.1, 0.15) is 23.7 Å². The normalized spacial score (nSPS) is 38.8. The number of aliphatic hydroxyl groups is 2. The number of thioether (sulfide) groups is 1. The summed E-state index contributed by atoms with van der Waals surface area (Å²) < 4.78 is 5.90. The van der Waals surface area contributed by atoms with Crippen molar-refractivity contribution >= 4 is 16.9 Å². The van der Waals surface area contributed by atoms with Crippen molar-refractivity contribution in [2.75, 3.05) is 19.6 Å². The Hall–Kier alpha value is -0.340. The molecule has 0 spiro atoms. The van der Waals surface area contributed by atoms with E-state index in [1.807, 2.05) is 6.92 Å². The number of nitrogens with zero attached hydrogens (tertiary/aromatic N) is 1. The SMILES string of the molecule is CCCCNCC1OC2SC(=NCC)NC2C(O)C1O. The molecule has 2 aliphatic heterocycles. The lowest BCUT2D eigenvalue weighted by Crippen LogP contribution is -2.60. The zero-order valence-electron chi connectivity index (χ0n) is 12.1. The number of unbranched alkanes of at least 4 members (excludes halogenated alkanes) is 1. The third kappa shape index (κ3) is 3.65. The lowest BCUT2D eigenvalue weighted by atomic mass is 9.98. The van der Waals surface area contributed by atoms with Crippen molar-refractivity contribution in [3.63, 3.8) is 0 Å². The predicted octanol–water partition coefficient (Wildman–Crippen LogP) is -0.0963. The number of aliphatic imine (C=N–C) groups is 1. The van der Waals surface area contributed by atoms with Gasteiger partial charge in [-0.1, -0.05) is 25.1 Å². The van der Waals surface area contributed by atoms with Gasteiger partial charge in [0.2, 0.25) is 0 Å². The Balaban J connectivity index is 1.90. The van der Waals surface area contributed by atoms with E-state index in [9.17, 15) is 10.2 Å². The maximum Gasteiger partial charge on any atom is 0.159 e. The van der Waals surface area contributed by atoms with Gasteiger partial charge >= 0.3 is 0 Å². The molecule has 2 heterocycles. The van der Waals surface area contributed by atoms with Crippen LogP contribution in [0.1, 0.15) is 26.7 Å². The first-order chi connectivity index (χ1) is 9.67. The van der Waals surface area contributed by atoms with E-state index in [1.54, 1.807) is 0 Å². The van der Waals surface area contributed by atoms with E-state index in [0.717, 1.165) is 24.6 Å². The molecule has 0 aromatic rings. The summed E-state index contributed by atoms with van der Waals surface area (Å²) in [5.74, 6) is 0. The fourth-order valence-corrected chi connectivity index (χ4v) is 3.62. The fourth-order valence-electron chi connectivity index (χ4n) is 2.41. The van der Waals surface area contributed by atoms with Gasteiger partial charge in [0.05, 0.1) is 6.04 Å². The molecule has 2 rings (SSSR count). The van der Waals surface area contributed by atoms with Crippen molar-refractivity contribution in [2.45, 2.75) is 56.5 Å². The molecule has 7 heteroatoms. The first kappa shape index (κ1) is 16.0. The molecule has 0 aliphatic carbocycles. The van der Waals surface area contributed by atoms with E-state index in [1.165, 1.54) is 11.8 Å². The van der Waals surface area contributed by atoms with Gasteiger partial charge in [0.15, 0.2) is 5.17 Å². The summed E-state index contributed by atoms with van der Waals surface area (Å²) in [6, 6.07) is -0.285. The summed E-state index contributed by atoms with van der Waals surface area (Å²) in [7, 11) is 0. The number of hydrogen-bond donors (Lipinski definition) is 4. The molecule has 0 amide bonds. The van der Waals surface area contributed by atoms with Gasteiger partial charge in [-0.25, -0.2) is 0 Å². The zero-order chi connectivity index (χ0) is 14.5. The summed E-state index contributed by atoms with van der Waals surface area (Å²) in [5, 5.41) is 27.6. The van der Waals surface area contributed by atoms with Crippen molar-refractivity contribution in [1.29, 1.82) is 0 Å². The van der Waals surface area contributed by atoms with E-state index in [4.69, 9.17) is 4.74 Å². The number of ether oxygens (including phenoxy) is 1. The van der Waals surface area contributed by atoms with Gasteiger partial charge in [-0.05, 0) is 19.9 Å². The lowest BCUT2D eigenvalue weighted by Gasteiger charge is -2.39. The molecule has 0 bridgehead atoms. The van der Waals surface area contributed by atoms with E-state index in [-0.39, 0.29) is 17.6 Å². The van der Waals surface area contributed by atoms with Crippen LogP contribution in [0.25, 0.3) is 0 Å². The number of hydrogen-bond acceptors (Lipinski definition) is 6. The predicted molar refractivity (Wildman–Crippen MR) is 80.9 cm³/mol. The summed E-state index contributed by atoms with van der Waals surface area (Å²) >= 11 is 1.49. The van der Waals surface area contributed by atoms with E-state index in [2.05, 4.69) is 22.5 Å². The Kier molecular flexibility index (Phi) is 6.10. The summed E-state index contributed by atoms with van der Waals surface area (Å²) in [5.41, 5.74) is -0.184. The quantitative estimate of drug-likeness (QED) is 0.513. The molecule has 2 saturated heterocycles. The second kappa shape index (κ2) is 7.61. The molecule has 4 N–H and O–H groups in total. The molecule has 5 unspecified atom stereocenters. The number of fused-ring (bicyclic) bond motifs is 1. The van der Waals surface area contributed by atoms with Gasteiger partial charge in [-0.15, -0.1) is 0 Å². The standard InChI is InChI=1S/C13H25N3O3S/c1-3-5-6-14-7-8-10(17)11(18)9-12(19-8)20-13(16-9)15-4-2/h8-12,14,17-18H,3-7H2,1-2H3,(H,15,16). The van der Waals surface area contributed by atoms with Crippen LogP contribution in [0.2, 0.25) is 0 Å². The van der Waals surface area contributed by atoms with Crippen molar-refractivity contribution in [1.82, 2.24) is 10.6 Å². The monoisotopic (exact) mass is 303 g/mol. The van der Waals surface area contributed by atoms with Crippen LogP contribution in [0.4, 0.5) is 0 Å². The Morgan fingerprint density at radius 2 is 2.15 bits per heavy atom. The van der Waals surface area contributed by atoms with E-state index in [0.29, 0.717) is 13.1 Å². The Morgan fingerprint density at radius 1 is 1.35 bits per heavy atom. The molecule has 0 aromatic heterocycles. The topological polar surface area (TPSA) is 86.1 Å². The van der Waals surface area contributed by atoms with Crippen LogP contribution < -0.4 is 10.6 Å². The molecule has 20 heavy (non-hydrogen) atoms. The van der Waals surface area contributed by atoms with Gasteiger partial charge in [-0.3, -0.25) is 4.99 Å². The number of aliphatic hydroxyl groups excluding tert-OH is 2. The van der Waals surface area contributed by atoms with Crippen LogP contribution in [-0.2, 0) is 4.74 Å². The third-order valence-electron chi connectivity index (χ3n) is 3.57. The van der Waals surface area contributed by atoms with Gasteiger partial charge in [-0.2, -0.15) is 0 Å². The minimum absolute atomic E-state index is 0.184. The summed E-state index contributed by atoms with van der Waals surface area (Å²) in [6.07, 6.45) is 0.146. The maximum atomic E-state index is 10.2. The molecule has 0 aromatic carbocycles. The average molecular weight is 303 g/mol. The number of nitrogens with one attached hydrogen (secondary N) is 2. The number of rotatable bonds is 6. The van der Waals surface area contributed by atoms with Crippen molar-refractivity contribution < 1.29 is 14.9 Å². The molecule has 116 valence electrons. The van der Waals surface area contributed by atoms with Crippen LogP contribution in [0.5, 0.6) is 0 Å². The maximum absolute atomic E-state index is 10.2. The largest absolute Gasteiger partial charge is 0.388 e. The van der Waals surface area contributed by atoms with Crippen LogP contribution in [-0.4, -0.2) is 64.8 Å². The third-order valence-corrected chi connectivity index (χ3v) is 4.68. The smallest absolute Gasteiger partial charge is 0.159 e. The van der Waals surface area contributed by atoms with Crippen molar-refractivity contribution in [2.24, 2.45) is 4.99 Å². The highest BCUT2D eigenvalue weighted by Crippen LogP contribution is 2.33. The second-order valence-corrected chi connectivity index (χ2v) is 6.24. The van der Waals surface area contributed by atoms with Crippen LogP contribution in [0, 0.1) is 0 Å². The van der Waals surface area contributed by atoms with Gasteiger partial charge < -0.3 is 25.6 Å². The Morgan fingerprint density at radius 3 is 2.85 bits per heavy atom. The minimum Gasteiger partial charge on any atom is -0.388 e. The minimum atomic E-state index is -0.876. The highest BCUT2D eigenvalue weighted by Gasteiger charge is 2.48. The Labute approximate surface area is 124 Å². The summed E-state index contributed by atoms with van der Waals surface area (Å²) in [4.78, 5) is 4.30. The van der Waals surface area contributed by atoms with Crippen molar-refractivity contribution in [3.8, 4) is 0 Å².